The van der Waals surface area contributed by atoms with E-state index in [9.17, 15) is 14.0 Å². The van der Waals surface area contributed by atoms with Gasteiger partial charge in [0.25, 0.3) is 0 Å². The van der Waals surface area contributed by atoms with Gasteiger partial charge in [0.1, 0.15) is 16.8 Å². The fourth-order valence-corrected chi connectivity index (χ4v) is 4.62. The third kappa shape index (κ3) is 6.02. The predicted octanol–water partition coefficient (Wildman–Crippen LogP) is 5.04. The first-order valence-corrected chi connectivity index (χ1v) is 11.7. The number of aliphatic imine (C=N–C) groups is 1. The Labute approximate surface area is 201 Å². The predicted molar refractivity (Wildman–Crippen MR) is 133 cm³/mol. The summed E-state index contributed by atoms with van der Waals surface area (Å²) in [7, 11) is 1.55. The second-order valence-corrected chi connectivity index (χ2v) is 8.85. The molecule has 1 fully saturated rings. The number of thioether (sulfide) groups is 1. The van der Waals surface area contributed by atoms with Crippen molar-refractivity contribution in [3.05, 3.63) is 90.2 Å². The number of amidine groups is 1. The molecule has 1 unspecified atom stereocenters. The number of methoxy groups -OCH3 is 1. The van der Waals surface area contributed by atoms with Gasteiger partial charge < -0.3 is 10.1 Å². The van der Waals surface area contributed by atoms with Gasteiger partial charge in [0.2, 0.25) is 11.8 Å². The maximum atomic E-state index is 13.4. The smallest absolute Gasteiger partial charge is 0.238 e. The topological polar surface area (TPSA) is 71.0 Å². The number of halogens is 1. The summed E-state index contributed by atoms with van der Waals surface area (Å²) in [5.41, 5.74) is 2.19. The molecule has 1 N–H and O–H groups in total. The van der Waals surface area contributed by atoms with E-state index >= 15 is 0 Å². The molecule has 4 rings (SSSR count). The molecule has 0 aromatic heterocycles. The Morgan fingerprint density at radius 2 is 1.88 bits per heavy atom. The van der Waals surface area contributed by atoms with Crippen LogP contribution in [0.25, 0.3) is 0 Å². The van der Waals surface area contributed by atoms with Gasteiger partial charge in [-0.1, -0.05) is 48.2 Å². The lowest BCUT2D eigenvalue weighted by atomic mass is 10.1. The van der Waals surface area contributed by atoms with Crippen LogP contribution in [0.2, 0.25) is 0 Å². The highest BCUT2D eigenvalue weighted by Crippen LogP contribution is 2.30. The quantitative estimate of drug-likeness (QED) is 0.518. The minimum Gasteiger partial charge on any atom is -0.497 e. The Morgan fingerprint density at radius 3 is 2.62 bits per heavy atom. The molecule has 6 nitrogen and oxygen atoms in total. The first kappa shape index (κ1) is 23.5. The zero-order valence-corrected chi connectivity index (χ0v) is 19.4. The number of anilines is 1. The van der Waals surface area contributed by atoms with Gasteiger partial charge in [0.05, 0.1) is 12.8 Å². The van der Waals surface area contributed by atoms with E-state index in [2.05, 4.69) is 10.3 Å². The van der Waals surface area contributed by atoms with E-state index in [1.165, 1.54) is 23.9 Å². The molecule has 0 radical (unpaired) electrons. The SMILES string of the molecule is COc1cccc(NC(=O)C2CC(=O)N(CCc3ccccc3)C(=Nc3ccc(F)cc3)S2)c1. The van der Waals surface area contributed by atoms with Crippen LogP contribution < -0.4 is 10.1 Å². The van der Waals surface area contributed by atoms with Crippen molar-refractivity contribution in [3.8, 4) is 5.75 Å². The molecule has 1 aliphatic rings. The molecule has 1 aliphatic heterocycles. The minimum absolute atomic E-state index is 0.0533. The van der Waals surface area contributed by atoms with Crippen molar-refractivity contribution in [1.82, 2.24) is 4.90 Å². The average molecular weight is 478 g/mol. The third-order valence-electron chi connectivity index (χ3n) is 5.29. The highest BCUT2D eigenvalue weighted by molar-refractivity contribution is 8.15. The van der Waals surface area contributed by atoms with Crippen LogP contribution in [-0.4, -0.2) is 40.8 Å². The number of carbonyl (C=O) groups is 2. The van der Waals surface area contributed by atoms with Gasteiger partial charge in [-0.05, 0) is 48.4 Å². The third-order valence-corrected chi connectivity index (χ3v) is 6.48. The van der Waals surface area contributed by atoms with E-state index in [1.54, 1.807) is 48.4 Å². The Kier molecular flexibility index (Phi) is 7.59. The van der Waals surface area contributed by atoms with Crippen molar-refractivity contribution >= 4 is 40.1 Å². The van der Waals surface area contributed by atoms with Crippen LogP contribution >= 0.6 is 11.8 Å². The maximum absolute atomic E-state index is 13.4. The second-order valence-electron chi connectivity index (χ2n) is 7.68. The zero-order chi connectivity index (χ0) is 23.9. The summed E-state index contributed by atoms with van der Waals surface area (Å²) in [6.45, 7) is 0.431. The summed E-state index contributed by atoms with van der Waals surface area (Å²) in [6.07, 6.45) is 0.702. The summed E-state index contributed by atoms with van der Waals surface area (Å²) in [5.74, 6) is -0.217. The first-order valence-electron chi connectivity index (χ1n) is 10.8. The lowest BCUT2D eigenvalue weighted by Crippen LogP contribution is -2.46. The molecule has 34 heavy (non-hydrogen) atoms. The van der Waals surface area contributed by atoms with Crippen LogP contribution in [0.1, 0.15) is 12.0 Å². The number of nitrogens with one attached hydrogen (secondary N) is 1. The van der Waals surface area contributed by atoms with Crippen LogP contribution in [0.15, 0.2) is 83.9 Å². The number of nitrogens with zero attached hydrogens (tertiary/aromatic N) is 2. The normalized spacial score (nSPS) is 17.0. The van der Waals surface area contributed by atoms with Crippen LogP contribution in [0.5, 0.6) is 5.75 Å². The van der Waals surface area contributed by atoms with Gasteiger partial charge in [-0.2, -0.15) is 0 Å². The van der Waals surface area contributed by atoms with Crippen molar-refractivity contribution in [2.75, 3.05) is 19.0 Å². The van der Waals surface area contributed by atoms with Gasteiger partial charge in [0.15, 0.2) is 5.17 Å². The molecular formula is C26H24FN3O3S. The number of rotatable bonds is 7. The Balaban J connectivity index is 1.54. The molecule has 0 bridgehead atoms. The monoisotopic (exact) mass is 477 g/mol. The van der Waals surface area contributed by atoms with E-state index in [1.807, 2.05) is 30.3 Å². The molecule has 3 aromatic carbocycles. The summed E-state index contributed by atoms with van der Waals surface area (Å²) in [4.78, 5) is 32.3. The van der Waals surface area contributed by atoms with Gasteiger partial charge >= 0.3 is 0 Å². The molecule has 3 aromatic rings. The maximum Gasteiger partial charge on any atom is 0.238 e. The summed E-state index contributed by atoms with van der Waals surface area (Å²) in [6, 6.07) is 22.6. The van der Waals surface area contributed by atoms with E-state index < -0.39 is 5.25 Å². The van der Waals surface area contributed by atoms with Crippen molar-refractivity contribution in [2.24, 2.45) is 4.99 Å². The van der Waals surface area contributed by atoms with Gasteiger partial charge in [-0.3, -0.25) is 14.5 Å². The fraction of sp³-hybridized carbons (Fsp3) is 0.192. The van der Waals surface area contributed by atoms with E-state index in [-0.39, 0.29) is 24.1 Å². The van der Waals surface area contributed by atoms with Crippen molar-refractivity contribution in [2.45, 2.75) is 18.1 Å². The lowest BCUT2D eigenvalue weighted by Gasteiger charge is -2.32. The number of benzene rings is 3. The van der Waals surface area contributed by atoms with Gasteiger partial charge in [0, 0.05) is 24.7 Å². The molecule has 174 valence electrons. The van der Waals surface area contributed by atoms with E-state index in [0.29, 0.717) is 35.3 Å². The molecule has 1 heterocycles. The molecule has 1 atom stereocenters. The van der Waals surface area contributed by atoms with Crippen LogP contribution in [-0.2, 0) is 16.0 Å². The zero-order valence-electron chi connectivity index (χ0n) is 18.6. The van der Waals surface area contributed by atoms with Crippen molar-refractivity contribution in [1.29, 1.82) is 0 Å². The van der Waals surface area contributed by atoms with Gasteiger partial charge in [-0.15, -0.1) is 0 Å². The second kappa shape index (κ2) is 11.0. The van der Waals surface area contributed by atoms with Gasteiger partial charge in [-0.25, -0.2) is 9.38 Å². The van der Waals surface area contributed by atoms with E-state index in [0.717, 1.165) is 5.56 Å². The molecular weight excluding hydrogens is 453 g/mol. The molecule has 0 aliphatic carbocycles. The number of carbonyl (C=O) groups excluding carboxylic acids is 2. The minimum atomic E-state index is -0.647. The average Bonchev–Trinajstić information content (AvgIpc) is 2.85. The summed E-state index contributed by atoms with van der Waals surface area (Å²) >= 11 is 1.23. The molecule has 2 amide bonds. The number of ether oxygens (including phenoxy) is 1. The number of hydrogen-bond acceptors (Lipinski definition) is 5. The number of amides is 2. The fourth-order valence-electron chi connectivity index (χ4n) is 3.50. The summed E-state index contributed by atoms with van der Waals surface area (Å²) in [5, 5.41) is 2.63. The lowest BCUT2D eigenvalue weighted by molar-refractivity contribution is -0.129. The van der Waals surface area contributed by atoms with Crippen LogP contribution in [0, 0.1) is 5.82 Å². The highest BCUT2D eigenvalue weighted by Gasteiger charge is 2.35. The van der Waals surface area contributed by atoms with E-state index in [4.69, 9.17) is 4.74 Å². The number of hydrogen-bond donors (Lipinski definition) is 1. The molecule has 8 heteroatoms. The van der Waals surface area contributed by atoms with Crippen molar-refractivity contribution < 1.29 is 18.7 Å². The Morgan fingerprint density at radius 1 is 1.12 bits per heavy atom. The Hall–Kier alpha value is -3.65. The summed E-state index contributed by atoms with van der Waals surface area (Å²) < 4.78 is 18.6. The first-order chi connectivity index (χ1) is 16.5. The standard InChI is InChI=1S/C26H24FN3O3S/c1-33-22-9-5-8-21(16-22)28-25(32)23-17-24(31)30(15-14-18-6-3-2-4-7-18)26(34-23)29-20-12-10-19(27)11-13-20/h2-13,16,23H,14-15,17H2,1H3,(H,28,32). The van der Waals surface area contributed by atoms with Crippen LogP contribution in [0.4, 0.5) is 15.8 Å². The van der Waals surface area contributed by atoms with Crippen LogP contribution in [0.3, 0.4) is 0 Å². The Bertz CT molecular complexity index is 1190. The highest BCUT2D eigenvalue weighted by atomic mass is 32.2. The molecule has 0 spiro atoms. The molecule has 0 saturated carbocycles. The molecule has 1 saturated heterocycles. The largest absolute Gasteiger partial charge is 0.497 e. The van der Waals surface area contributed by atoms with Crippen molar-refractivity contribution in [3.63, 3.8) is 0 Å².